The molecule has 0 aliphatic carbocycles. The van der Waals surface area contributed by atoms with Gasteiger partial charge in [-0.05, 0) is 60.2 Å². The van der Waals surface area contributed by atoms with Crippen LogP contribution in [0.4, 0.5) is 10.1 Å². The number of halogens is 1. The lowest BCUT2D eigenvalue weighted by molar-refractivity contribution is -0.133. The molecule has 2 unspecified atom stereocenters. The van der Waals surface area contributed by atoms with E-state index in [0.29, 0.717) is 12.1 Å². The summed E-state index contributed by atoms with van der Waals surface area (Å²) in [7, 11) is 1.35. The van der Waals surface area contributed by atoms with Crippen LogP contribution in [-0.2, 0) is 9.53 Å². The van der Waals surface area contributed by atoms with E-state index >= 15 is 0 Å². The Morgan fingerprint density at radius 1 is 1.06 bits per heavy atom. The first kappa shape index (κ1) is 23.1. The number of anilines is 1. The highest BCUT2D eigenvalue weighted by Crippen LogP contribution is 2.38. The molecule has 0 bridgehead atoms. The molecule has 178 valence electrons. The zero-order valence-electron chi connectivity index (χ0n) is 19.2. The molecule has 5 rings (SSSR count). The number of amides is 1. The van der Waals surface area contributed by atoms with E-state index in [9.17, 15) is 14.0 Å². The van der Waals surface area contributed by atoms with Crippen molar-refractivity contribution in [3.05, 3.63) is 101 Å². The Morgan fingerprint density at radius 3 is 2.66 bits per heavy atom. The monoisotopic (exact) mass is 488 g/mol. The van der Waals surface area contributed by atoms with Crippen molar-refractivity contribution >= 4 is 39.0 Å². The minimum absolute atomic E-state index is 0.120. The third kappa shape index (κ3) is 4.64. The fourth-order valence-corrected chi connectivity index (χ4v) is 5.78. The van der Waals surface area contributed by atoms with Gasteiger partial charge in [-0.2, -0.15) is 0 Å². The van der Waals surface area contributed by atoms with Gasteiger partial charge in [-0.15, -0.1) is 11.3 Å². The smallest absolute Gasteiger partial charge is 0.337 e. The van der Waals surface area contributed by atoms with Crippen molar-refractivity contribution in [1.82, 2.24) is 4.90 Å². The predicted molar refractivity (Wildman–Crippen MR) is 136 cm³/mol. The van der Waals surface area contributed by atoms with Crippen molar-refractivity contribution in [2.45, 2.75) is 24.9 Å². The predicted octanol–water partition coefficient (Wildman–Crippen LogP) is 6.34. The number of nitrogens with zero attached hydrogens (tertiary/aromatic N) is 1. The normalized spacial score (nSPS) is 16.3. The fraction of sp³-hybridized carbons (Fsp3) is 0.214. The standard InChI is InChI=1S/C28H25FN2O3S/c1-34-28(33)20-10-6-9-18(16-20)23-13-7-15-31(23)27(32)26(30-22-12-4-3-11-21(22)29)25-17-19-8-2-5-14-24(19)35-25/h2-6,8-12,14,16-17,23,26,30H,7,13,15H2,1H3. The van der Waals surface area contributed by atoms with Crippen LogP contribution in [0.5, 0.6) is 0 Å². The molecule has 0 saturated carbocycles. The molecular weight excluding hydrogens is 463 g/mol. The Kier molecular flexibility index (Phi) is 6.51. The van der Waals surface area contributed by atoms with Gasteiger partial charge < -0.3 is 15.0 Å². The number of hydrogen-bond acceptors (Lipinski definition) is 5. The number of carbonyl (C=O) groups is 2. The SMILES string of the molecule is COC(=O)c1cccc(C2CCCN2C(=O)C(Nc2ccccc2F)c2cc3ccccc3s2)c1. The molecule has 1 N–H and O–H groups in total. The molecule has 2 atom stereocenters. The zero-order chi connectivity index (χ0) is 24.4. The van der Waals surface area contributed by atoms with Crippen LogP contribution in [0.25, 0.3) is 10.1 Å². The lowest BCUT2D eigenvalue weighted by Crippen LogP contribution is -2.37. The first-order valence-corrected chi connectivity index (χ1v) is 12.3. The Hall–Kier alpha value is -3.71. The van der Waals surface area contributed by atoms with E-state index < -0.39 is 17.8 Å². The number of rotatable bonds is 6. The zero-order valence-corrected chi connectivity index (χ0v) is 20.1. The quantitative estimate of drug-likeness (QED) is 0.322. The molecule has 5 nitrogen and oxygen atoms in total. The van der Waals surface area contributed by atoms with Gasteiger partial charge >= 0.3 is 5.97 Å². The molecular formula is C28H25FN2O3S. The second kappa shape index (κ2) is 9.88. The molecule has 4 aromatic rings. The number of carbonyl (C=O) groups excluding carboxylic acids is 2. The molecule has 3 aromatic carbocycles. The topological polar surface area (TPSA) is 58.6 Å². The van der Waals surface area contributed by atoms with E-state index in [1.165, 1.54) is 24.5 Å². The number of esters is 1. The number of hydrogen-bond donors (Lipinski definition) is 1. The van der Waals surface area contributed by atoms with Crippen molar-refractivity contribution in [2.75, 3.05) is 19.0 Å². The average Bonchev–Trinajstić information content (AvgIpc) is 3.55. The molecule has 1 amide bonds. The summed E-state index contributed by atoms with van der Waals surface area (Å²) in [6, 6.07) is 22.7. The molecule has 1 aliphatic heterocycles. The molecule has 2 heterocycles. The third-order valence-electron chi connectivity index (χ3n) is 6.38. The van der Waals surface area contributed by atoms with E-state index in [1.54, 1.807) is 30.3 Å². The number of para-hydroxylation sites is 1. The number of ether oxygens (including phenoxy) is 1. The third-order valence-corrected chi connectivity index (χ3v) is 7.56. The molecule has 0 radical (unpaired) electrons. The van der Waals surface area contributed by atoms with Gasteiger partial charge in [0.2, 0.25) is 0 Å². The highest BCUT2D eigenvalue weighted by molar-refractivity contribution is 7.19. The Bertz CT molecular complexity index is 1350. The number of nitrogens with one attached hydrogen (secondary N) is 1. The van der Waals surface area contributed by atoms with Gasteiger partial charge in [-0.3, -0.25) is 4.79 Å². The van der Waals surface area contributed by atoms with Crippen LogP contribution in [-0.4, -0.2) is 30.4 Å². The number of benzene rings is 3. The van der Waals surface area contributed by atoms with Crippen molar-refractivity contribution in [3.63, 3.8) is 0 Å². The van der Waals surface area contributed by atoms with Crippen LogP contribution in [0.1, 0.15) is 45.7 Å². The summed E-state index contributed by atoms with van der Waals surface area (Å²) in [4.78, 5) is 28.8. The van der Waals surface area contributed by atoms with Crippen molar-refractivity contribution in [1.29, 1.82) is 0 Å². The molecule has 1 aliphatic rings. The first-order valence-electron chi connectivity index (χ1n) is 11.5. The Labute approximate surface area is 207 Å². The van der Waals surface area contributed by atoms with Crippen LogP contribution < -0.4 is 5.32 Å². The fourth-order valence-electron chi connectivity index (χ4n) is 4.67. The van der Waals surface area contributed by atoms with Crippen molar-refractivity contribution in [2.24, 2.45) is 0 Å². The lowest BCUT2D eigenvalue weighted by atomic mass is 10.0. The Morgan fingerprint density at radius 2 is 1.86 bits per heavy atom. The van der Waals surface area contributed by atoms with Crippen LogP contribution in [0, 0.1) is 5.82 Å². The van der Waals surface area contributed by atoms with Gasteiger partial charge in [0.05, 0.1) is 24.4 Å². The summed E-state index contributed by atoms with van der Waals surface area (Å²) in [5, 5.41) is 4.23. The second-order valence-electron chi connectivity index (χ2n) is 8.55. The molecule has 7 heteroatoms. The van der Waals surface area contributed by atoms with Crippen LogP contribution in [0.3, 0.4) is 0 Å². The molecule has 1 aromatic heterocycles. The number of methoxy groups -OCH3 is 1. The van der Waals surface area contributed by atoms with Gasteiger partial charge in [0.1, 0.15) is 11.9 Å². The first-order chi connectivity index (χ1) is 17.0. The van der Waals surface area contributed by atoms with Gasteiger partial charge in [-0.25, -0.2) is 9.18 Å². The van der Waals surface area contributed by atoms with E-state index in [4.69, 9.17) is 4.74 Å². The van der Waals surface area contributed by atoms with Gasteiger partial charge in [0.15, 0.2) is 0 Å². The summed E-state index contributed by atoms with van der Waals surface area (Å²) in [6.45, 7) is 0.590. The van der Waals surface area contributed by atoms with Crippen LogP contribution in [0.2, 0.25) is 0 Å². The van der Waals surface area contributed by atoms with Crippen molar-refractivity contribution < 1.29 is 18.7 Å². The molecule has 0 spiro atoms. The molecule has 1 fully saturated rings. The number of fused-ring (bicyclic) bond motifs is 1. The van der Waals surface area contributed by atoms with E-state index in [2.05, 4.69) is 5.32 Å². The maximum atomic E-state index is 14.6. The minimum atomic E-state index is -0.742. The number of likely N-dealkylation sites (tertiary alicyclic amines) is 1. The maximum absolute atomic E-state index is 14.6. The largest absolute Gasteiger partial charge is 0.465 e. The van der Waals surface area contributed by atoms with Crippen molar-refractivity contribution in [3.8, 4) is 0 Å². The Balaban J connectivity index is 1.51. The highest BCUT2D eigenvalue weighted by atomic mass is 32.1. The minimum Gasteiger partial charge on any atom is -0.465 e. The lowest BCUT2D eigenvalue weighted by Gasteiger charge is -2.30. The van der Waals surface area contributed by atoms with Crippen LogP contribution in [0.15, 0.2) is 78.9 Å². The second-order valence-corrected chi connectivity index (χ2v) is 9.67. The van der Waals surface area contributed by atoms with Gasteiger partial charge in [0.25, 0.3) is 5.91 Å². The van der Waals surface area contributed by atoms with E-state index in [-0.39, 0.29) is 17.6 Å². The molecule has 1 saturated heterocycles. The summed E-state index contributed by atoms with van der Waals surface area (Å²) in [6.07, 6.45) is 1.63. The summed E-state index contributed by atoms with van der Waals surface area (Å²) >= 11 is 1.53. The van der Waals surface area contributed by atoms with E-state index in [0.717, 1.165) is 33.4 Å². The summed E-state index contributed by atoms with van der Waals surface area (Å²) < 4.78 is 20.5. The van der Waals surface area contributed by atoms with Crippen LogP contribution >= 0.6 is 11.3 Å². The summed E-state index contributed by atoms with van der Waals surface area (Å²) in [5.41, 5.74) is 1.63. The van der Waals surface area contributed by atoms with Gasteiger partial charge in [-0.1, -0.05) is 42.5 Å². The average molecular weight is 489 g/mol. The molecule has 35 heavy (non-hydrogen) atoms. The van der Waals surface area contributed by atoms with E-state index in [1.807, 2.05) is 47.4 Å². The number of thiophene rings is 1. The summed E-state index contributed by atoms with van der Waals surface area (Å²) in [5.74, 6) is -0.937. The highest BCUT2D eigenvalue weighted by Gasteiger charge is 2.36. The maximum Gasteiger partial charge on any atom is 0.337 e. The van der Waals surface area contributed by atoms with Gasteiger partial charge in [0, 0.05) is 16.1 Å².